The smallest absolute Gasteiger partial charge is 0.310 e. The van der Waals surface area contributed by atoms with Crippen LogP contribution < -0.4 is 11.1 Å². The van der Waals surface area contributed by atoms with Crippen molar-refractivity contribution in [3.63, 3.8) is 0 Å². The average Bonchev–Trinajstić information content (AvgIpc) is 2.60. The van der Waals surface area contributed by atoms with Crippen molar-refractivity contribution >= 4 is 30.0 Å². The Labute approximate surface area is 154 Å². The van der Waals surface area contributed by atoms with Gasteiger partial charge >= 0.3 is 5.97 Å². The van der Waals surface area contributed by atoms with Crippen LogP contribution in [0, 0.1) is 12.8 Å². The molecule has 0 fully saturated rings. The summed E-state index contributed by atoms with van der Waals surface area (Å²) in [6, 6.07) is 14.0. The molecule has 0 aliphatic rings. The second-order valence-corrected chi connectivity index (χ2v) is 5.75. The van der Waals surface area contributed by atoms with Crippen molar-refractivity contribution in [3.8, 4) is 0 Å². The number of esters is 1. The van der Waals surface area contributed by atoms with Crippen LogP contribution in [0.1, 0.15) is 34.5 Å². The number of methoxy groups -OCH3 is 1. The number of nitrogens with two attached hydrogens (primary N) is 1. The maximum absolute atomic E-state index is 12.7. The first-order chi connectivity index (χ1) is 11.4. The molecule has 0 saturated carbocycles. The first-order valence-corrected chi connectivity index (χ1v) is 7.73. The number of halogens is 1. The van der Waals surface area contributed by atoms with Crippen molar-refractivity contribution in [2.45, 2.75) is 19.9 Å². The fourth-order valence-electron chi connectivity index (χ4n) is 2.58. The molecule has 1 amide bonds. The Hall–Kier alpha value is -2.53. The number of nitrogen functional groups attached to an aromatic ring is 1. The molecule has 0 heterocycles. The number of hydrogen-bond donors (Lipinski definition) is 2. The third-order valence-corrected chi connectivity index (χ3v) is 4.02. The zero-order valence-corrected chi connectivity index (χ0v) is 15.3. The number of hydrogen-bond acceptors (Lipinski definition) is 4. The predicted molar refractivity (Wildman–Crippen MR) is 101 cm³/mol. The van der Waals surface area contributed by atoms with Crippen molar-refractivity contribution in [1.29, 1.82) is 0 Å². The molecule has 134 valence electrons. The predicted octanol–water partition coefficient (Wildman–Crippen LogP) is 3.28. The van der Waals surface area contributed by atoms with Gasteiger partial charge in [-0.05, 0) is 37.1 Å². The van der Waals surface area contributed by atoms with E-state index in [0.29, 0.717) is 11.3 Å². The molecule has 2 atom stereocenters. The van der Waals surface area contributed by atoms with Crippen LogP contribution in [0.3, 0.4) is 0 Å². The third-order valence-electron chi connectivity index (χ3n) is 4.02. The number of amides is 1. The maximum Gasteiger partial charge on any atom is 0.310 e. The minimum atomic E-state index is -0.525. The average molecular weight is 363 g/mol. The van der Waals surface area contributed by atoms with E-state index in [1.807, 2.05) is 37.3 Å². The Morgan fingerprint density at radius 3 is 2.36 bits per heavy atom. The van der Waals surface area contributed by atoms with Crippen molar-refractivity contribution in [1.82, 2.24) is 5.32 Å². The summed E-state index contributed by atoms with van der Waals surface area (Å²) in [5.41, 5.74) is 8.45. The molecule has 0 aliphatic heterocycles. The molecule has 0 radical (unpaired) electrons. The van der Waals surface area contributed by atoms with Gasteiger partial charge in [0.2, 0.25) is 0 Å². The van der Waals surface area contributed by atoms with Crippen molar-refractivity contribution in [3.05, 3.63) is 65.2 Å². The highest BCUT2D eigenvalue weighted by molar-refractivity contribution is 5.97. The van der Waals surface area contributed by atoms with Gasteiger partial charge in [-0.15, -0.1) is 12.4 Å². The number of aryl methyl sites for hydroxylation is 1. The van der Waals surface area contributed by atoms with E-state index in [-0.39, 0.29) is 24.3 Å². The van der Waals surface area contributed by atoms with Crippen LogP contribution in [0.2, 0.25) is 0 Å². The quantitative estimate of drug-likeness (QED) is 0.631. The SMILES string of the molecule is COC(=O)C(C)C(NC(=O)c1cc(N)ccc1C)c1ccccc1.Cl. The molecule has 5 nitrogen and oxygen atoms in total. The number of benzene rings is 2. The third kappa shape index (κ3) is 4.97. The first kappa shape index (κ1) is 20.5. The van der Waals surface area contributed by atoms with E-state index in [2.05, 4.69) is 5.32 Å². The highest BCUT2D eigenvalue weighted by Crippen LogP contribution is 2.24. The van der Waals surface area contributed by atoms with Gasteiger partial charge in [-0.2, -0.15) is 0 Å². The Bertz CT molecular complexity index is 735. The van der Waals surface area contributed by atoms with Gasteiger partial charge in [0.15, 0.2) is 0 Å². The van der Waals surface area contributed by atoms with Crippen molar-refractivity contribution in [2.24, 2.45) is 5.92 Å². The Balaban J connectivity index is 0.00000312. The molecule has 3 N–H and O–H groups in total. The molecule has 0 spiro atoms. The van der Waals surface area contributed by atoms with Gasteiger partial charge in [0.25, 0.3) is 5.91 Å². The maximum atomic E-state index is 12.7. The summed E-state index contributed by atoms with van der Waals surface area (Å²) in [6.45, 7) is 3.58. The van der Waals surface area contributed by atoms with E-state index in [1.165, 1.54) is 7.11 Å². The topological polar surface area (TPSA) is 81.4 Å². The van der Waals surface area contributed by atoms with Gasteiger partial charge in [0, 0.05) is 11.3 Å². The van der Waals surface area contributed by atoms with Gasteiger partial charge in [0.05, 0.1) is 19.1 Å². The largest absolute Gasteiger partial charge is 0.469 e. The number of nitrogens with one attached hydrogen (secondary N) is 1. The van der Waals surface area contributed by atoms with Gasteiger partial charge < -0.3 is 15.8 Å². The lowest BCUT2D eigenvalue weighted by molar-refractivity contribution is -0.145. The van der Waals surface area contributed by atoms with E-state index >= 15 is 0 Å². The molecule has 2 aromatic carbocycles. The lowest BCUT2D eigenvalue weighted by Crippen LogP contribution is -2.36. The second-order valence-electron chi connectivity index (χ2n) is 5.75. The summed E-state index contributed by atoms with van der Waals surface area (Å²) < 4.78 is 4.83. The summed E-state index contributed by atoms with van der Waals surface area (Å²) in [5.74, 6) is -1.18. The molecule has 0 aliphatic carbocycles. The van der Waals surface area contributed by atoms with Gasteiger partial charge in [0.1, 0.15) is 0 Å². The van der Waals surface area contributed by atoms with Crippen LogP contribution in [-0.2, 0) is 9.53 Å². The van der Waals surface area contributed by atoms with Crippen LogP contribution in [0.4, 0.5) is 5.69 Å². The number of carbonyl (C=O) groups is 2. The van der Waals surface area contributed by atoms with Gasteiger partial charge in [-0.25, -0.2) is 0 Å². The number of rotatable bonds is 5. The highest BCUT2D eigenvalue weighted by Gasteiger charge is 2.28. The van der Waals surface area contributed by atoms with Crippen LogP contribution in [0.15, 0.2) is 48.5 Å². The molecule has 6 heteroatoms. The van der Waals surface area contributed by atoms with Crippen molar-refractivity contribution in [2.75, 3.05) is 12.8 Å². The second kappa shape index (κ2) is 9.08. The monoisotopic (exact) mass is 362 g/mol. The van der Waals surface area contributed by atoms with Crippen LogP contribution in [0.5, 0.6) is 0 Å². The summed E-state index contributed by atoms with van der Waals surface area (Å²) in [5, 5.41) is 2.94. The van der Waals surface area contributed by atoms with Crippen molar-refractivity contribution < 1.29 is 14.3 Å². The van der Waals surface area contributed by atoms with Crippen LogP contribution in [0.25, 0.3) is 0 Å². The molecular weight excluding hydrogens is 340 g/mol. The lowest BCUT2D eigenvalue weighted by atomic mass is 9.93. The van der Waals surface area contributed by atoms with E-state index in [1.54, 1.807) is 25.1 Å². The Morgan fingerprint density at radius 1 is 1.12 bits per heavy atom. The number of anilines is 1. The molecule has 0 aromatic heterocycles. The van der Waals surface area contributed by atoms with Gasteiger partial charge in [-0.3, -0.25) is 9.59 Å². The number of carbonyl (C=O) groups excluding carboxylic acids is 2. The van der Waals surface area contributed by atoms with E-state index in [9.17, 15) is 9.59 Å². The fourth-order valence-corrected chi connectivity index (χ4v) is 2.58. The van der Waals surface area contributed by atoms with E-state index in [4.69, 9.17) is 10.5 Å². The van der Waals surface area contributed by atoms with Gasteiger partial charge in [-0.1, -0.05) is 36.4 Å². The Kier molecular flexibility index (Phi) is 7.45. The summed E-state index contributed by atoms with van der Waals surface area (Å²) in [4.78, 5) is 24.7. The lowest BCUT2D eigenvalue weighted by Gasteiger charge is -2.24. The molecule has 2 aromatic rings. The van der Waals surface area contributed by atoms with Crippen LogP contribution >= 0.6 is 12.4 Å². The summed E-state index contributed by atoms with van der Waals surface area (Å²) in [7, 11) is 1.34. The minimum absolute atomic E-state index is 0. The molecule has 2 rings (SSSR count). The Morgan fingerprint density at radius 2 is 1.76 bits per heavy atom. The normalized spacial score (nSPS) is 12.4. The zero-order chi connectivity index (χ0) is 17.7. The summed E-state index contributed by atoms with van der Waals surface area (Å²) in [6.07, 6.45) is 0. The van der Waals surface area contributed by atoms with Crippen LogP contribution in [-0.4, -0.2) is 19.0 Å². The fraction of sp³-hybridized carbons (Fsp3) is 0.263. The van der Waals surface area contributed by atoms with E-state index < -0.39 is 12.0 Å². The first-order valence-electron chi connectivity index (χ1n) is 7.73. The summed E-state index contributed by atoms with van der Waals surface area (Å²) >= 11 is 0. The molecule has 25 heavy (non-hydrogen) atoms. The molecule has 2 unspecified atom stereocenters. The minimum Gasteiger partial charge on any atom is -0.469 e. The standard InChI is InChI=1S/C19H22N2O3.ClH/c1-12-9-10-15(20)11-16(12)18(22)21-17(13(2)19(23)24-3)14-7-5-4-6-8-14;/h4-11,13,17H,20H2,1-3H3,(H,21,22);1H. The zero-order valence-electron chi connectivity index (χ0n) is 14.5. The van der Waals surface area contributed by atoms with E-state index in [0.717, 1.165) is 11.1 Å². The highest BCUT2D eigenvalue weighted by atomic mass is 35.5. The molecular formula is C19H23ClN2O3. The molecule has 0 saturated heterocycles. The number of ether oxygens (including phenoxy) is 1. The molecule has 0 bridgehead atoms.